The summed E-state index contributed by atoms with van der Waals surface area (Å²) in [5.74, 6) is 1.71. The fourth-order valence-electron chi connectivity index (χ4n) is 3.84. The minimum atomic E-state index is 0.0400. The molecule has 1 fully saturated rings. The summed E-state index contributed by atoms with van der Waals surface area (Å²) < 4.78 is 7.52. The Bertz CT molecular complexity index is 989. The fraction of sp³-hybridized carbons (Fsp3) is 0.435. The van der Waals surface area contributed by atoms with Crippen LogP contribution in [0.15, 0.2) is 42.7 Å². The molecule has 4 rings (SSSR count). The van der Waals surface area contributed by atoms with Crippen LogP contribution < -0.4 is 4.74 Å². The van der Waals surface area contributed by atoms with Crippen LogP contribution in [0.1, 0.15) is 59.4 Å². The van der Waals surface area contributed by atoms with Gasteiger partial charge in [0.05, 0.1) is 24.1 Å². The van der Waals surface area contributed by atoms with Gasteiger partial charge in [-0.25, -0.2) is 0 Å². The molecule has 3 heterocycles. The molecule has 1 aliphatic heterocycles. The van der Waals surface area contributed by atoms with Crippen LogP contribution in [0, 0.1) is 0 Å². The number of likely N-dealkylation sites (tertiary alicyclic amines) is 1. The second kappa shape index (κ2) is 8.73. The predicted molar refractivity (Wildman–Crippen MR) is 115 cm³/mol. The van der Waals surface area contributed by atoms with Crippen molar-refractivity contribution in [3.8, 4) is 5.75 Å². The Hall–Kier alpha value is -3.09. The predicted octanol–water partition coefficient (Wildman–Crippen LogP) is 3.52. The van der Waals surface area contributed by atoms with Gasteiger partial charge in [0.2, 0.25) is 0 Å². The van der Waals surface area contributed by atoms with Crippen LogP contribution in [0.5, 0.6) is 5.75 Å². The van der Waals surface area contributed by atoms with Crippen molar-refractivity contribution in [3.63, 3.8) is 0 Å². The Morgan fingerprint density at radius 3 is 2.80 bits per heavy atom. The maximum atomic E-state index is 12.6. The number of aromatic nitrogens is 4. The van der Waals surface area contributed by atoms with E-state index in [1.807, 2.05) is 24.1 Å². The van der Waals surface area contributed by atoms with Crippen molar-refractivity contribution in [2.45, 2.75) is 38.5 Å². The highest BCUT2D eigenvalue weighted by atomic mass is 16.5. The Labute approximate surface area is 177 Å². The highest BCUT2D eigenvalue weighted by Gasteiger charge is 2.29. The van der Waals surface area contributed by atoms with E-state index in [4.69, 9.17) is 4.74 Å². The first-order chi connectivity index (χ1) is 14.5. The maximum Gasteiger partial charge on any atom is 0.257 e. The topological polar surface area (TPSA) is 76.0 Å². The van der Waals surface area contributed by atoms with Gasteiger partial charge in [-0.3, -0.25) is 14.6 Å². The molecule has 1 atom stereocenters. The maximum absolute atomic E-state index is 12.6. The van der Waals surface area contributed by atoms with Gasteiger partial charge in [-0.1, -0.05) is 26.0 Å². The molecule has 1 saturated heterocycles. The molecular weight excluding hydrogens is 378 g/mol. The molecule has 0 bridgehead atoms. The molecule has 7 nitrogen and oxygen atoms in total. The molecule has 2 aromatic heterocycles. The Balaban J connectivity index is 1.27. The van der Waals surface area contributed by atoms with Gasteiger partial charge in [0, 0.05) is 44.4 Å². The smallest absolute Gasteiger partial charge is 0.257 e. The Kier molecular flexibility index (Phi) is 5.88. The number of ether oxygens (including phenoxy) is 1. The fourth-order valence-corrected chi connectivity index (χ4v) is 3.84. The summed E-state index contributed by atoms with van der Waals surface area (Å²) in [4.78, 5) is 14.5. The van der Waals surface area contributed by atoms with Gasteiger partial charge in [0.15, 0.2) is 0 Å². The lowest BCUT2D eigenvalue weighted by atomic mass is 10.0. The van der Waals surface area contributed by atoms with E-state index in [2.05, 4.69) is 47.3 Å². The number of H-pyrrole nitrogens is 1. The Morgan fingerprint density at radius 1 is 1.30 bits per heavy atom. The SMILES string of the molecule is CC(C)c1ccc(OCCc2cc([C@H]3CCN(C(=O)c4cnn(C)c4)C3)n[nH]2)cc1. The van der Waals surface area contributed by atoms with Crippen molar-refractivity contribution in [3.05, 3.63) is 65.2 Å². The minimum Gasteiger partial charge on any atom is -0.493 e. The van der Waals surface area contributed by atoms with Crippen molar-refractivity contribution in [1.29, 1.82) is 0 Å². The average Bonchev–Trinajstić information content (AvgIpc) is 3.48. The molecular formula is C23H29N5O2. The number of hydrogen-bond acceptors (Lipinski definition) is 4. The van der Waals surface area contributed by atoms with Gasteiger partial charge in [0.25, 0.3) is 5.91 Å². The summed E-state index contributed by atoms with van der Waals surface area (Å²) in [6.45, 7) is 6.40. The van der Waals surface area contributed by atoms with E-state index in [0.717, 1.165) is 36.5 Å². The van der Waals surface area contributed by atoms with E-state index < -0.39 is 0 Å². The number of amides is 1. The summed E-state index contributed by atoms with van der Waals surface area (Å²) in [6.07, 6.45) is 5.08. The molecule has 1 N–H and O–H groups in total. The number of rotatable bonds is 7. The van der Waals surface area contributed by atoms with Gasteiger partial charge < -0.3 is 9.64 Å². The molecule has 0 unspecified atom stereocenters. The van der Waals surface area contributed by atoms with E-state index in [-0.39, 0.29) is 11.8 Å². The molecule has 0 saturated carbocycles. The third kappa shape index (κ3) is 4.56. The lowest BCUT2D eigenvalue weighted by Crippen LogP contribution is -2.28. The normalized spacial score (nSPS) is 16.4. The highest BCUT2D eigenvalue weighted by molar-refractivity contribution is 5.94. The van der Waals surface area contributed by atoms with Crippen molar-refractivity contribution < 1.29 is 9.53 Å². The summed E-state index contributed by atoms with van der Waals surface area (Å²) in [5.41, 5.74) is 4.03. The van der Waals surface area contributed by atoms with Gasteiger partial charge in [0.1, 0.15) is 5.75 Å². The van der Waals surface area contributed by atoms with E-state index in [1.54, 1.807) is 17.1 Å². The highest BCUT2D eigenvalue weighted by Crippen LogP contribution is 2.27. The van der Waals surface area contributed by atoms with Gasteiger partial charge in [-0.05, 0) is 36.1 Å². The van der Waals surface area contributed by atoms with Crippen molar-refractivity contribution in [2.24, 2.45) is 7.05 Å². The van der Waals surface area contributed by atoms with Crippen molar-refractivity contribution >= 4 is 5.91 Å². The summed E-state index contributed by atoms with van der Waals surface area (Å²) >= 11 is 0. The number of carbonyl (C=O) groups is 1. The van der Waals surface area contributed by atoms with Crippen molar-refractivity contribution in [1.82, 2.24) is 24.9 Å². The number of benzene rings is 1. The van der Waals surface area contributed by atoms with Crippen LogP contribution in [0.2, 0.25) is 0 Å². The number of nitrogens with zero attached hydrogens (tertiary/aromatic N) is 4. The quantitative estimate of drug-likeness (QED) is 0.650. The number of hydrogen-bond donors (Lipinski definition) is 1. The number of nitrogens with one attached hydrogen (secondary N) is 1. The molecule has 158 valence electrons. The second-order valence-electron chi connectivity index (χ2n) is 8.28. The summed E-state index contributed by atoms with van der Waals surface area (Å²) in [6, 6.07) is 10.4. The van der Waals surface area contributed by atoms with Crippen molar-refractivity contribution in [2.75, 3.05) is 19.7 Å². The summed E-state index contributed by atoms with van der Waals surface area (Å²) in [5, 5.41) is 11.7. The van der Waals surface area contributed by atoms with E-state index in [9.17, 15) is 4.79 Å². The molecule has 3 aromatic rings. The van der Waals surface area contributed by atoms with Gasteiger partial charge >= 0.3 is 0 Å². The van der Waals surface area contributed by atoms with Crippen LogP contribution >= 0.6 is 0 Å². The Morgan fingerprint density at radius 2 is 2.10 bits per heavy atom. The largest absolute Gasteiger partial charge is 0.493 e. The summed E-state index contributed by atoms with van der Waals surface area (Å²) in [7, 11) is 1.82. The zero-order valence-electron chi connectivity index (χ0n) is 17.8. The number of aromatic amines is 1. The lowest BCUT2D eigenvalue weighted by Gasteiger charge is -2.14. The standard InChI is InChI=1S/C23H29N5O2/c1-16(2)17-4-6-21(7-5-17)30-11-9-20-12-22(26-25-20)18-8-10-28(15-18)23(29)19-13-24-27(3)14-19/h4-7,12-14,16,18H,8-11,15H2,1-3H3,(H,25,26)/t18-/m0/s1. The molecule has 30 heavy (non-hydrogen) atoms. The van der Waals surface area contributed by atoms with Gasteiger partial charge in [-0.15, -0.1) is 0 Å². The zero-order chi connectivity index (χ0) is 21.1. The van der Waals surface area contributed by atoms with Crippen LogP contribution in [-0.4, -0.2) is 50.5 Å². The minimum absolute atomic E-state index is 0.0400. The second-order valence-corrected chi connectivity index (χ2v) is 8.28. The molecule has 1 aliphatic rings. The van der Waals surface area contributed by atoms with E-state index >= 15 is 0 Å². The number of aryl methyl sites for hydroxylation is 1. The molecule has 1 aromatic carbocycles. The van der Waals surface area contributed by atoms with E-state index in [0.29, 0.717) is 24.6 Å². The monoisotopic (exact) mass is 407 g/mol. The van der Waals surface area contributed by atoms with Crippen LogP contribution in [0.3, 0.4) is 0 Å². The first-order valence-corrected chi connectivity index (χ1v) is 10.5. The molecule has 0 aliphatic carbocycles. The van der Waals surface area contributed by atoms with Crippen LogP contribution in [0.4, 0.5) is 0 Å². The third-order valence-electron chi connectivity index (χ3n) is 5.68. The lowest BCUT2D eigenvalue weighted by molar-refractivity contribution is 0.0790. The zero-order valence-corrected chi connectivity index (χ0v) is 17.8. The van der Waals surface area contributed by atoms with Crippen LogP contribution in [0.25, 0.3) is 0 Å². The van der Waals surface area contributed by atoms with Crippen LogP contribution in [-0.2, 0) is 13.5 Å². The number of carbonyl (C=O) groups excluding carboxylic acids is 1. The first-order valence-electron chi connectivity index (χ1n) is 10.5. The molecule has 0 spiro atoms. The molecule has 7 heteroatoms. The third-order valence-corrected chi connectivity index (χ3v) is 5.68. The van der Waals surface area contributed by atoms with E-state index in [1.165, 1.54) is 5.56 Å². The molecule has 0 radical (unpaired) electrons. The average molecular weight is 408 g/mol. The van der Waals surface area contributed by atoms with Gasteiger partial charge in [-0.2, -0.15) is 10.2 Å². The first kappa shape index (κ1) is 20.2. The molecule has 1 amide bonds.